The molecule has 0 radical (unpaired) electrons. The van der Waals surface area contributed by atoms with Crippen LogP contribution in [0.15, 0.2) is 34.7 Å². The summed E-state index contributed by atoms with van der Waals surface area (Å²) in [4.78, 5) is 4.86. The van der Waals surface area contributed by atoms with Crippen molar-refractivity contribution < 1.29 is 4.42 Å². The van der Waals surface area contributed by atoms with E-state index in [1.54, 1.807) is 0 Å². The summed E-state index contributed by atoms with van der Waals surface area (Å²) >= 11 is 0. The van der Waals surface area contributed by atoms with E-state index in [-0.39, 0.29) is 6.04 Å². The van der Waals surface area contributed by atoms with Gasteiger partial charge in [0.25, 0.3) is 0 Å². The number of nitrogens with zero attached hydrogens (tertiary/aromatic N) is 1. The van der Waals surface area contributed by atoms with Crippen LogP contribution in [-0.4, -0.2) is 11.5 Å². The number of rotatable bonds is 3. The summed E-state index contributed by atoms with van der Waals surface area (Å²) in [5.74, 6) is 0.950. The molecule has 1 unspecified atom stereocenters. The molecule has 4 heteroatoms. The minimum absolute atomic E-state index is 0.284. The SMILES string of the molecule is CCc1oc2nc(C3CCCN3)c(C)c(N)c2c1-c1ccccc1. The lowest BCUT2D eigenvalue weighted by molar-refractivity contribution is 0.541. The Labute approximate surface area is 142 Å². The van der Waals surface area contributed by atoms with Crippen molar-refractivity contribution in [3.8, 4) is 11.1 Å². The maximum Gasteiger partial charge on any atom is 0.229 e. The van der Waals surface area contributed by atoms with Gasteiger partial charge in [-0.2, -0.15) is 0 Å². The first-order valence-electron chi connectivity index (χ1n) is 8.70. The lowest BCUT2D eigenvalue weighted by atomic mass is 9.97. The van der Waals surface area contributed by atoms with E-state index in [1.807, 2.05) is 18.2 Å². The third-order valence-corrected chi connectivity index (χ3v) is 5.02. The molecule has 3 N–H and O–H groups in total. The van der Waals surface area contributed by atoms with Gasteiger partial charge in [0.2, 0.25) is 5.71 Å². The molecule has 1 saturated heterocycles. The minimum atomic E-state index is 0.284. The highest BCUT2D eigenvalue weighted by Crippen LogP contribution is 2.41. The Morgan fingerprint density at radius 3 is 2.75 bits per heavy atom. The van der Waals surface area contributed by atoms with Gasteiger partial charge in [-0.25, -0.2) is 4.98 Å². The molecule has 1 aliphatic rings. The van der Waals surface area contributed by atoms with Crippen LogP contribution in [0.4, 0.5) is 5.69 Å². The lowest BCUT2D eigenvalue weighted by Crippen LogP contribution is -2.16. The fraction of sp³-hybridized carbons (Fsp3) is 0.350. The Bertz CT molecular complexity index is 877. The smallest absolute Gasteiger partial charge is 0.229 e. The van der Waals surface area contributed by atoms with E-state index >= 15 is 0 Å². The molecule has 4 nitrogen and oxygen atoms in total. The first kappa shape index (κ1) is 15.2. The molecule has 1 fully saturated rings. The second-order valence-corrected chi connectivity index (χ2v) is 6.48. The molecule has 1 aliphatic heterocycles. The van der Waals surface area contributed by atoms with E-state index in [4.69, 9.17) is 15.1 Å². The number of nitrogens with two attached hydrogens (primary N) is 1. The zero-order valence-corrected chi connectivity index (χ0v) is 14.2. The molecule has 2 aromatic heterocycles. The summed E-state index contributed by atoms with van der Waals surface area (Å²) < 4.78 is 6.12. The number of furan rings is 1. The minimum Gasteiger partial charge on any atom is -0.442 e. The second kappa shape index (κ2) is 5.95. The van der Waals surface area contributed by atoms with Gasteiger partial charge in [0.05, 0.1) is 17.1 Å². The number of nitrogens with one attached hydrogen (secondary N) is 1. The topological polar surface area (TPSA) is 64.1 Å². The highest BCUT2D eigenvalue weighted by atomic mass is 16.3. The van der Waals surface area contributed by atoms with E-state index in [0.717, 1.165) is 58.6 Å². The summed E-state index contributed by atoms with van der Waals surface area (Å²) in [5, 5.41) is 4.47. The van der Waals surface area contributed by atoms with Crippen LogP contribution in [0.2, 0.25) is 0 Å². The van der Waals surface area contributed by atoms with Crippen molar-refractivity contribution in [2.75, 3.05) is 12.3 Å². The fourth-order valence-corrected chi connectivity index (χ4v) is 3.73. The predicted octanol–water partition coefficient (Wildman–Crippen LogP) is 4.37. The summed E-state index contributed by atoms with van der Waals surface area (Å²) in [5.41, 5.74) is 12.4. The second-order valence-electron chi connectivity index (χ2n) is 6.48. The van der Waals surface area contributed by atoms with E-state index in [1.165, 1.54) is 6.42 Å². The van der Waals surface area contributed by atoms with Crippen LogP contribution in [0.1, 0.15) is 42.8 Å². The van der Waals surface area contributed by atoms with Gasteiger partial charge in [0.1, 0.15) is 5.76 Å². The fourth-order valence-electron chi connectivity index (χ4n) is 3.73. The Morgan fingerprint density at radius 2 is 2.08 bits per heavy atom. The van der Waals surface area contributed by atoms with Crippen LogP contribution in [0, 0.1) is 6.92 Å². The third kappa shape index (κ3) is 2.29. The first-order valence-corrected chi connectivity index (χ1v) is 8.70. The molecule has 1 aromatic carbocycles. The van der Waals surface area contributed by atoms with Gasteiger partial charge < -0.3 is 15.5 Å². The molecule has 0 aliphatic carbocycles. The van der Waals surface area contributed by atoms with Crippen LogP contribution in [0.5, 0.6) is 0 Å². The number of aryl methyl sites for hydroxylation is 1. The van der Waals surface area contributed by atoms with Gasteiger partial charge in [0.15, 0.2) is 0 Å². The molecule has 3 aromatic rings. The van der Waals surface area contributed by atoms with Crippen LogP contribution in [-0.2, 0) is 6.42 Å². The molecule has 0 amide bonds. The number of anilines is 1. The number of benzene rings is 1. The van der Waals surface area contributed by atoms with E-state index < -0.39 is 0 Å². The highest BCUT2D eigenvalue weighted by molar-refractivity contribution is 6.03. The Hall–Kier alpha value is -2.33. The average Bonchev–Trinajstić information content (AvgIpc) is 3.26. The molecule has 1 atom stereocenters. The average molecular weight is 321 g/mol. The van der Waals surface area contributed by atoms with Crippen molar-refractivity contribution in [3.63, 3.8) is 0 Å². The van der Waals surface area contributed by atoms with Gasteiger partial charge >= 0.3 is 0 Å². The zero-order valence-electron chi connectivity index (χ0n) is 14.2. The van der Waals surface area contributed by atoms with Crippen molar-refractivity contribution in [2.24, 2.45) is 0 Å². The molecular formula is C20H23N3O. The lowest BCUT2D eigenvalue weighted by Gasteiger charge is -2.15. The number of aromatic nitrogens is 1. The van der Waals surface area contributed by atoms with Crippen molar-refractivity contribution in [1.29, 1.82) is 0 Å². The van der Waals surface area contributed by atoms with Gasteiger partial charge in [-0.1, -0.05) is 37.3 Å². The molecule has 3 heterocycles. The summed E-state index contributed by atoms with van der Waals surface area (Å²) in [6.07, 6.45) is 3.10. The molecule has 124 valence electrons. The molecule has 24 heavy (non-hydrogen) atoms. The summed E-state index contributed by atoms with van der Waals surface area (Å²) in [6, 6.07) is 10.6. The maximum atomic E-state index is 6.57. The van der Waals surface area contributed by atoms with Gasteiger partial charge in [-0.3, -0.25) is 0 Å². The number of hydrogen-bond donors (Lipinski definition) is 2. The predicted molar refractivity (Wildman–Crippen MR) is 98.0 cm³/mol. The summed E-state index contributed by atoms with van der Waals surface area (Å²) in [6.45, 7) is 5.22. The number of hydrogen-bond acceptors (Lipinski definition) is 4. The van der Waals surface area contributed by atoms with Crippen LogP contribution in [0.3, 0.4) is 0 Å². The zero-order chi connectivity index (χ0) is 16.7. The van der Waals surface area contributed by atoms with Crippen LogP contribution in [0.25, 0.3) is 22.2 Å². The van der Waals surface area contributed by atoms with Crippen molar-refractivity contribution >= 4 is 16.8 Å². The highest BCUT2D eigenvalue weighted by Gasteiger charge is 2.25. The summed E-state index contributed by atoms with van der Waals surface area (Å²) in [7, 11) is 0. The van der Waals surface area contributed by atoms with Crippen molar-refractivity contribution in [3.05, 3.63) is 47.3 Å². The normalized spacial score (nSPS) is 17.7. The van der Waals surface area contributed by atoms with E-state index in [9.17, 15) is 0 Å². The Kier molecular flexibility index (Phi) is 3.77. The van der Waals surface area contributed by atoms with E-state index in [0.29, 0.717) is 5.71 Å². The van der Waals surface area contributed by atoms with E-state index in [2.05, 4.69) is 31.3 Å². The van der Waals surface area contributed by atoms with Crippen LogP contribution >= 0.6 is 0 Å². The molecule has 0 bridgehead atoms. The molecule has 0 spiro atoms. The monoisotopic (exact) mass is 321 g/mol. The largest absolute Gasteiger partial charge is 0.442 e. The molecule has 4 rings (SSSR count). The Morgan fingerprint density at radius 1 is 1.29 bits per heavy atom. The van der Waals surface area contributed by atoms with Crippen molar-refractivity contribution in [1.82, 2.24) is 10.3 Å². The number of pyridine rings is 1. The van der Waals surface area contributed by atoms with Gasteiger partial charge in [-0.15, -0.1) is 0 Å². The molecule has 0 saturated carbocycles. The number of fused-ring (bicyclic) bond motifs is 1. The first-order chi connectivity index (χ1) is 11.7. The third-order valence-electron chi connectivity index (χ3n) is 5.02. The quantitative estimate of drug-likeness (QED) is 0.752. The Balaban J connectivity index is 1.98. The van der Waals surface area contributed by atoms with Crippen LogP contribution < -0.4 is 11.1 Å². The van der Waals surface area contributed by atoms with Gasteiger partial charge in [0, 0.05) is 17.7 Å². The molecular weight excluding hydrogens is 298 g/mol. The number of nitrogen functional groups attached to an aromatic ring is 1. The maximum absolute atomic E-state index is 6.57. The van der Waals surface area contributed by atoms with Crippen molar-refractivity contribution in [2.45, 2.75) is 39.2 Å². The van der Waals surface area contributed by atoms with Gasteiger partial charge in [-0.05, 0) is 37.4 Å². The standard InChI is InChI=1S/C20H23N3O/c1-3-15-16(13-8-5-4-6-9-13)17-18(21)12(2)19(23-20(17)24-15)14-10-7-11-22-14/h4-6,8-9,14,22H,3,7,10-11H2,1-2H3,(H2,21,23).